The third-order valence-electron chi connectivity index (χ3n) is 5.20. The Labute approximate surface area is 113 Å². The summed E-state index contributed by atoms with van der Waals surface area (Å²) < 4.78 is 13.1. The van der Waals surface area contributed by atoms with Gasteiger partial charge in [0.2, 0.25) is 0 Å². The van der Waals surface area contributed by atoms with Gasteiger partial charge in [0.05, 0.1) is 0 Å². The molecule has 0 spiro atoms. The molecule has 0 unspecified atom stereocenters. The molecule has 2 aliphatic carbocycles. The van der Waals surface area contributed by atoms with Crippen molar-refractivity contribution < 1.29 is 4.39 Å². The van der Waals surface area contributed by atoms with Gasteiger partial charge in [-0.05, 0) is 56.3 Å². The van der Waals surface area contributed by atoms with Gasteiger partial charge in [0.15, 0.2) is 0 Å². The molecule has 0 aromatic rings. The zero-order valence-corrected chi connectivity index (χ0v) is 12.1. The quantitative estimate of drug-likeness (QED) is 0.538. The van der Waals surface area contributed by atoms with Crippen LogP contribution in [0.15, 0.2) is 0 Å². The lowest BCUT2D eigenvalue weighted by molar-refractivity contribution is 0.209. The topological polar surface area (TPSA) is 0 Å². The molecule has 0 bridgehead atoms. The lowest BCUT2D eigenvalue weighted by atomic mass is 9.70. The van der Waals surface area contributed by atoms with Gasteiger partial charge in [0, 0.05) is 0 Å². The first kappa shape index (κ1) is 14.3. The number of unbranched alkanes of at least 4 members (excludes halogenated alkanes) is 2. The fraction of sp³-hybridized carbons (Fsp3) is 0.941. The largest absolute Gasteiger partial charge is 0.247 e. The Morgan fingerprint density at radius 2 is 1.61 bits per heavy atom. The van der Waals surface area contributed by atoms with Crippen LogP contribution in [-0.4, -0.2) is 6.17 Å². The van der Waals surface area contributed by atoms with Gasteiger partial charge < -0.3 is 0 Å². The Kier molecular flexibility index (Phi) is 5.98. The van der Waals surface area contributed by atoms with E-state index in [1.54, 1.807) is 5.92 Å². The predicted molar refractivity (Wildman–Crippen MR) is 76.2 cm³/mol. The Morgan fingerprint density at radius 3 is 2.22 bits per heavy atom. The van der Waals surface area contributed by atoms with Gasteiger partial charge in [-0.3, -0.25) is 0 Å². The predicted octanol–water partition coefficient (Wildman–Crippen LogP) is 5.86. The molecule has 2 aliphatic rings. The second-order valence-corrected chi connectivity index (χ2v) is 6.55. The molecule has 0 aliphatic heterocycles. The van der Waals surface area contributed by atoms with Crippen molar-refractivity contribution in [2.24, 2.45) is 11.8 Å². The number of alkyl halides is 1. The van der Waals surface area contributed by atoms with E-state index in [2.05, 4.69) is 6.92 Å². The van der Waals surface area contributed by atoms with Crippen molar-refractivity contribution in [2.75, 3.05) is 0 Å². The van der Waals surface area contributed by atoms with E-state index in [-0.39, 0.29) is 0 Å². The SMILES string of the molecule is CCCCCC1CCC([C]2CCC(F)CC2)CC1. The summed E-state index contributed by atoms with van der Waals surface area (Å²) in [5, 5.41) is 0. The Hall–Kier alpha value is -0.0700. The average Bonchev–Trinajstić information content (AvgIpc) is 2.41. The molecule has 0 nitrogen and oxygen atoms in total. The van der Waals surface area contributed by atoms with E-state index in [4.69, 9.17) is 0 Å². The molecule has 0 saturated heterocycles. The first-order valence-electron chi connectivity index (χ1n) is 8.28. The Balaban J connectivity index is 1.63. The van der Waals surface area contributed by atoms with Crippen LogP contribution in [0.3, 0.4) is 0 Å². The van der Waals surface area contributed by atoms with Gasteiger partial charge in [-0.2, -0.15) is 0 Å². The van der Waals surface area contributed by atoms with E-state index in [0.29, 0.717) is 0 Å². The van der Waals surface area contributed by atoms with Gasteiger partial charge in [-0.15, -0.1) is 0 Å². The molecule has 0 amide bonds. The monoisotopic (exact) mass is 253 g/mol. The van der Waals surface area contributed by atoms with Crippen LogP contribution in [-0.2, 0) is 0 Å². The van der Waals surface area contributed by atoms with Crippen LogP contribution < -0.4 is 0 Å². The van der Waals surface area contributed by atoms with Crippen LogP contribution >= 0.6 is 0 Å². The highest BCUT2D eigenvalue weighted by Gasteiger charge is 2.30. The number of hydrogen-bond acceptors (Lipinski definition) is 0. The molecule has 1 radical (unpaired) electrons. The minimum atomic E-state index is -0.501. The molecule has 0 N–H and O–H groups in total. The maximum absolute atomic E-state index is 13.1. The fourth-order valence-electron chi connectivity index (χ4n) is 3.90. The van der Waals surface area contributed by atoms with Crippen molar-refractivity contribution in [3.05, 3.63) is 5.92 Å². The van der Waals surface area contributed by atoms with Crippen molar-refractivity contribution in [1.82, 2.24) is 0 Å². The third kappa shape index (κ3) is 4.24. The van der Waals surface area contributed by atoms with Crippen LogP contribution in [0.25, 0.3) is 0 Å². The van der Waals surface area contributed by atoms with Crippen LogP contribution in [0, 0.1) is 17.8 Å². The van der Waals surface area contributed by atoms with E-state index >= 15 is 0 Å². The van der Waals surface area contributed by atoms with E-state index in [1.807, 2.05) is 0 Å². The number of halogens is 1. The second kappa shape index (κ2) is 7.50. The highest BCUT2D eigenvalue weighted by molar-refractivity contribution is 5.01. The first-order chi connectivity index (χ1) is 8.79. The van der Waals surface area contributed by atoms with Gasteiger partial charge in [0.1, 0.15) is 6.17 Å². The summed E-state index contributed by atoms with van der Waals surface area (Å²) in [6, 6.07) is 0. The van der Waals surface area contributed by atoms with Crippen molar-refractivity contribution in [3.8, 4) is 0 Å². The standard InChI is InChI=1S/C17H30F/c1-2-3-4-5-14-6-8-15(9-7-14)16-10-12-17(18)13-11-16/h14-15,17H,2-13H2,1H3. The molecule has 0 heterocycles. The molecule has 0 atom stereocenters. The zero-order chi connectivity index (χ0) is 12.8. The molecule has 0 aromatic carbocycles. The van der Waals surface area contributed by atoms with Gasteiger partial charge in [-0.25, -0.2) is 4.39 Å². The van der Waals surface area contributed by atoms with Gasteiger partial charge in [-0.1, -0.05) is 45.4 Å². The van der Waals surface area contributed by atoms with Crippen molar-refractivity contribution in [1.29, 1.82) is 0 Å². The molecule has 0 aromatic heterocycles. The Bertz CT molecular complexity index is 210. The summed E-state index contributed by atoms with van der Waals surface area (Å²) in [6.07, 6.45) is 14.6. The lowest BCUT2D eigenvalue weighted by Crippen LogP contribution is -2.24. The molecule has 105 valence electrons. The third-order valence-corrected chi connectivity index (χ3v) is 5.20. The second-order valence-electron chi connectivity index (χ2n) is 6.55. The van der Waals surface area contributed by atoms with E-state index in [0.717, 1.165) is 37.5 Å². The average molecular weight is 253 g/mol. The van der Waals surface area contributed by atoms with Crippen molar-refractivity contribution in [2.45, 2.75) is 90.1 Å². The van der Waals surface area contributed by atoms with Crippen LogP contribution in [0.4, 0.5) is 4.39 Å². The molecule has 2 fully saturated rings. The fourth-order valence-corrected chi connectivity index (χ4v) is 3.90. The van der Waals surface area contributed by atoms with Crippen LogP contribution in [0.1, 0.15) is 84.0 Å². The maximum Gasteiger partial charge on any atom is 0.100 e. The van der Waals surface area contributed by atoms with Crippen molar-refractivity contribution >= 4 is 0 Å². The summed E-state index contributed by atoms with van der Waals surface area (Å²) in [5.74, 6) is 3.58. The van der Waals surface area contributed by atoms with Crippen LogP contribution in [0.2, 0.25) is 0 Å². The van der Waals surface area contributed by atoms with E-state index in [9.17, 15) is 4.39 Å². The summed E-state index contributed by atoms with van der Waals surface area (Å²) in [5.41, 5.74) is 0. The summed E-state index contributed by atoms with van der Waals surface area (Å²) in [6.45, 7) is 2.29. The van der Waals surface area contributed by atoms with E-state index in [1.165, 1.54) is 51.4 Å². The molecular formula is C17H30F. The highest BCUT2D eigenvalue weighted by Crippen LogP contribution is 2.42. The molecule has 2 rings (SSSR count). The normalized spacial score (nSPS) is 31.7. The van der Waals surface area contributed by atoms with Gasteiger partial charge in [0.25, 0.3) is 0 Å². The highest BCUT2D eigenvalue weighted by atomic mass is 19.1. The summed E-state index contributed by atoms with van der Waals surface area (Å²) in [7, 11) is 0. The number of hydrogen-bond donors (Lipinski definition) is 0. The lowest BCUT2D eigenvalue weighted by Gasteiger charge is -2.36. The maximum atomic E-state index is 13.1. The zero-order valence-electron chi connectivity index (χ0n) is 12.1. The summed E-state index contributed by atoms with van der Waals surface area (Å²) >= 11 is 0. The van der Waals surface area contributed by atoms with E-state index < -0.39 is 6.17 Å². The molecule has 1 heteroatoms. The number of rotatable bonds is 5. The molecule has 2 saturated carbocycles. The molecular weight excluding hydrogens is 223 g/mol. The van der Waals surface area contributed by atoms with Crippen LogP contribution in [0.5, 0.6) is 0 Å². The summed E-state index contributed by atoms with van der Waals surface area (Å²) in [4.78, 5) is 0. The first-order valence-corrected chi connectivity index (χ1v) is 8.28. The Morgan fingerprint density at radius 1 is 0.944 bits per heavy atom. The minimum absolute atomic E-state index is 0.501. The minimum Gasteiger partial charge on any atom is -0.247 e. The molecule has 18 heavy (non-hydrogen) atoms. The van der Waals surface area contributed by atoms with Gasteiger partial charge >= 0.3 is 0 Å². The van der Waals surface area contributed by atoms with Crippen molar-refractivity contribution in [3.63, 3.8) is 0 Å². The smallest absolute Gasteiger partial charge is 0.100 e.